The molecule has 1 aromatic heterocycles. The summed E-state index contributed by atoms with van der Waals surface area (Å²) in [5, 5.41) is 8.73. The van der Waals surface area contributed by atoms with Gasteiger partial charge in [0.15, 0.2) is 0 Å². The van der Waals surface area contributed by atoms with E-state index in [2.05, 4.69) is 36.2 Å². The Morgan fingerprint density at radius 2 is 1.79 bits per heavy atom. The van der Waals surface area contributed by atoms with Crippen LogP contribution < -0.4 is 0 Å². The van der Waals surface area contributed by atoms with Crippen molar-refractivity contribution in [3.05, 3.63) is 23.5 Å². The van der Waals surface area contributed by atoms with Crippen molar-refractivity contribution in [3.63, 3.8) is 0 Å². The zero-order valence-corrected chi connectivity index (χ0v) is 12.6. The molecule has 1 heterocycles. The van der Waals surface area contributed by atoms with Crippen molar-refractivity contribution in [2.45, 2.75) is 77.6 Å². The van der Waals surface area contributed by atoms with Crippen LogP contribution in [0.1, 0.15) is 82.5 Å². The van der Waals surface area contributed by atoms with Gasteiger partial charge in [-0.05, 0) is 50.2 Å². The average Bonchev–Trinajstić information content (AvgIpc) is 2.48. The molecule has 19 heavy (non-hydrogen) atoms. The van der Waals surface area contributed by atoms with Crippen molar-refractivity contribution in [2.75, 3.05) is 0 Å². The summed E-state index contributed by atoms with van der Waals surface area (Å²) in [4.78, 5) is 0. The van der Waals surface area contributed by atoms with Gasteiger partial charge in [-0.15, -0.1) is 0 Å². The van der Waals surface area contributed by atoms with E-state index in [4.69, 9.17) is 0 Å². The summed E-state index contributed by atoms with van der Waals surface area (Å²) < 4.78 is 0. The maximum atomic E-state index is 4.42. The lowest BCUT2D eigenvalue weighted by molar-refractivity contribution is 0.299. The molecule has 0 bridgehead atoms. The molecule has 1 aliphatic carbocycles. The van der Waals surface area contributed by atoms with E-state index in [0.29, 0.717) is 5.92 Å². The third-order valence-electron chi connectivity index (χ3n) is 4.58. The van der Waals surface area contributed by atoms with Crippen LogP contribution in [0.4, 0.5) is 0 Å². The number of hydrogen-bond acceptors (Lipinski definition) is 2. The highest BCUT2D eigenvalue weighted by atomic mass is 15.1. The van der Waals surface area contributed by atoms with Gasteiger partial charge < -0.3 is 0 Å². The highest BCUT2D eigenvalue weighted by Crippen LogP contribution is 2.36. The fraction of sp³-hybridized carbons (Fsp3) is 0.765. The first-order chi connectivity index (χ1) is 9.33. The third kappa shape index (κ3) is 4.29. The molecule has 1 fully saturated rings. The predicted molar refractivity (Wildman–Crippen MR) is 80.3 cm³/mol. The maximum Gasteiger partial charge on any atom is 0.0662 e. The quantitative estimate of drug-likeness (QED) is 0.680. The molecule has 0 saturated heterocycles. The molecule has 1 aliphatic rings. The van der Waals surface area contributed by atoms with Gasteiger partial charge in [-0.1, -0.05) is 39.5 Å². The lowest BCUT2D eigenvalue weighted by Gasteiger charge is -2.28. The van der Waals surface area contributed by atoms with E-state index in [1.54, 1.807) is 0 Å². The third-order valence-corrected chi connectivity index (χ3v) is 4.58. The Balaban J connectivity index is 1.78. The summed E-state index contributed by atoms with van der Waals surface area (Å²) in [7, 11) is 0. The van der Waals surface area contributed by atoms with E-state index in [1.165, 1.54) is 57.1 Å². The molecule has 2 rings (SSSR count). The summed E-state index contributed by atoms with van der Waals surface area (Å²) >= 11 is 0. The average molecular weight is 260 g/mol. The number of hydrogen-bond donors (Lipinski definition) is 0. The van der Waals surface area contributed by atoms with Gasteiger partial charge in [0.1, 0.15) is 0 Å². The van der Waals surface area contributed by atoms with Crippen molar-refractivity contribution in [1.82, 2.24) is 10.2 Å². The zero-order chi connectivity index (χ0) is 13.5. The van der Waals surface area contributed by atoms with Crippen molar-refractivity contribution in [3.8, 4) is 0 Å². The normalized spacial score (nSPS) is 23.5. The second kappa shape index (κ2) is 7.62. The Bertz CT molecular complexity index is 350. The molecule has 0 radical (unpaired) electrons. The van der Waals surface area contributed by atoms with Gasteiger partial charge in [0, 0.05) is 5.92 Å². The maximum absolute atomic E-state index is 4.42. The smallest absolute Gasteiger partial charge is 0.0662 e. The molecule has 0 unspecified atom stereocenters. The van der Waals surface area contributed by atoms with E-state index in [1.807, 2.05) is 0 Å². The second-order valence-electron chi connectivity index (χ2n) is 6.02. The van der Waals surface area contributed by atoms with Crippen LogP contribution in [0.2, 0.25) is 0 Å². The molecule has 1 saturated carbocycles. The van der Waals surface area contributed by atoms with Crippen LogP contribution in [-0.4, -0.2) is 10.2 Å². The largest absolute Gasteiger partial charge is 0.155 e. The molecule has 0 aromatic carbocycles. The summed E-state index contributed by atoms with van der Waals surface area (Å²) in [6, 6.07) is 4.35. The lowest BCUT2D eigenvalue weighted by atomic mass is 9.78. The molecule has 0 amide bonds. The number of unbranched alkanes of at least 4 members (excludes halogenated alkanes) is 2. The molecular weight excluding hydrogens is 232 g/mol. The first-order valence-corrected chi connectivity index (χ1v) is 8.16. The van der Waals surface area contributed by atoms with Crippen LogP contribution in [0, 0.1) is 5.92 Å². The van der Waals surface area contributed by atoms with E-state index in [0.717, 1.165) is 18.0 Å². The van der Waals surface area contributed by atoms with Crippen LogP contribution in [-0.2, 0) is 6.42 Å². The Labute approximate surface area is 118 Å². The summed E-state index contributed by atoms with van der Waals surface area (Å²) in [6.07, 6.45) is 12.0. The van der Waals surface area contributed by atoms with Gasteiger partial charge in [-0.2, -0.15) is 10.2 Å². The van der Waals surface area contributed by atoms with Gasteiger partial charge >= 0.3 is 0 Å². The van der Waals surface area contributed by atoms with E-state index >= 15 is 0 Å². The standard InChI is InChI=1S/C17H28N2/c1-3-5-6-7-14-8-10-15(11-9-14)17-13-12-16(4-2)18-19-17/h12-15H,3-11H2,1-2H3. The summed E-state index contributed by atoms with van der Waals surface area (Å²) in [5.74, 6) is 1.64. The van der Waals surface area contributed by atoms with E-state index < -0.39 is 0 Å². The Kier molecular flexibility index (Phi) is 5.81. The topological polar surface area (TPSA) is 25.8 Å². The Morgan fingerprint density at radius 1 is 1.00 bits per heavy atom. The molecule has 0 N–H and O–H groups in total. The zero-order valence-electron chi connectivity index (χ0n) is 12.6. The fourth-order valence-electron chi connectivity index (χ4n) is 3.21. The predicted octanol–water partition coefficient (Wildman–Crippen LogP) is 4.89. The van der Waals surface area contributed by atoms with Crippen molar-refractivity contribution in [2.24, 2.45) is 5.92 Å². The molecule has 106 valence electrons. The molecule has 2 heteroatoms. The van der Waals surface area contributed by atoms with E-state index in [-0.39, 0.29) is 0 Å². The monoisotopic (exact) mass is 260 g/mol. The lowest BCUT2D eigenvalue weighted by Crippen LogP contribution is -2.14. The molecular formula is C17H28N2. The Hall–Kier alpha value is -0.920. The molecule has 0 spiro atoms. The number of aryl methyl sites for hydroxylation is 1. The SMILES string of the molecule is CCCCCC1CCC(c2ccc(CC)nn2)CC1. The van der Waals surface area contributed by atoms with Gasteiger partial charge in [0.2, 0.25) is 0 Å². The van der Waals surface area contributed by atoms with Crippen molar-refractivity contribution < 1.29 is 0 Å². The minimum absolute atomic E-state index is 0.667. The van der Waals surface area contributed by atoms with Gasteiger partial charge in [-0.3, -0.25) is 0 Å². The first-order valence-electron chi connectivity index (χ1n) is 8.16. The van der Waals surface area contributed by atoms with Crippen LogP contribution >= 0.6 is 0 Å². The number of aromatic nitrogens is 2. The van der Waals surface area contributed by atoms with Crippen LogP contribution in [0.3, 0.4) is 0 Å². The minimum atomic E-state index is 0.667. The minimum Gasteiger partial charge on any atom is -0.155 e. The Morgan fingerprint density at radius 3 is 2.37 bits per heavy atom. The summed E-state index contributed by atoms with van der Waals surface area (Å²) in [5.41, 5.74) is 2.33. The first kappa shape index (κ1) is 14.5. The highest BCUT2D eigenvalue weighted by Gasteiger charge is 2.23. The van der Waals surface area contributed by atoms with Crippen LogP contribution in [0.25, 0.3) is 0 Å². The molecule has 2 nitrogen and oxygen atoms in total. The number of rotatable bonds is 6. The van der Waals surface area contributed by atoms with Gasteiger partial charge in [0.25, 0.3) is 0 Å². The second-order valence-corrected chi connectivity index (χ2v) is 6.02. The molecule has 0 atom stereocenters. The van der Waals surface area contributed by atoms with Crippen LogP contribution in [0.5, 0.6) is 0 Å². The van der Waals surface area contributed by atoms with Gasteiger partial charge in [-0.25, -0.2) is 0 Å². The van der Waals surface area contributed by atoms with Gasteiger partial charge in [0.05, 0.1) is 11.4 Å². The highest BCUT2D eigenvalue weighted by molar-refractivity contribution is 5.11. The van der Waals surface area contributed by atoms with Crippen LogP contribution in [0.15, 0.2) is 12.1 Å². The fourth-order valence-corrected chi connectivity index (χ4v) is 3.21. The van der Waals surface area contributed by atoms with E-state index in [9.17, 15) is 0 Å². The van der Waals surface area contributed by atoms with Crippen molar-refractivity contribution in [1.29, 1.82) is 0 Å². The number of nitrogens with zero attached hydrogens (tertiary/aromatic N) is 2. The van der Waals surface area contributed by atoms with Crippen molar-refractivity contribution >= 4 is 0 Å². The molecule has 0 aliphatic heterocycles. The summed E-state index contributed by atoms with van der Waals surface area (Å²) in [6.45, 7) is 4.42. The molecule has 1 aromatic rings.